The number of aromatic hydroxyl groups is 1. The molecule has 1 aliphatic rings. The van der Waals surface area contributed by atoms with Crippen LogP contribution in [0.3, 0.4) is 0 Å². The molecule has 1 amide bonds. The largest absolute Gasteiger partial charge is 0.508 e. The lowest BCUT2D eigenvalue weighted by Crippen LogP contribution is -2.47. The zero-order valence-electron chi connectivity index (χ0n) is 13.6. The highest BCUT2D eigenvalue weighted by Crippen LogP contribution is 2.13. The average Bonchev–Trinajstić information content (AvgIpc) is 2.53. The van der Waals surface area contributed by atoms with Gasteiger partial charge < -0.3 is 20.1 Å². The molecule has 6 nitrogen and oxygen atoms in total. The van der Waals surface area contributed by atoms with Gasteiger partial charge in [-0.25, -0.2) is 4.79 Å². The lowest BCUT2D eigenvalue weighted by molar-refractivity contribution is -0.125. The van der Waals surface area contributed by atoms with Crippen LogP contribution in [0, 0.1) is 0 Å². The minimum Gasteiger partial charge on any atom is -0.508 e. The van der Waals surface area contributed by atoms with Crippen molar-refractivity contribution in [2.75, 3.05) is 19.7 Å². The molecular formula is C17H24N2O4. The Morgan fingerprint density at radius 2 is 2.04 bits per heavy atom. The number of carbonyl (C=O) groups is 2. The number of carbonyl (C=O) groups excluding carboxylic acids is 2. The van der Waals surface area contributed by atoms with E-state index < -0.39 is 5.97 Å². The number of piperidine rings is 1. The molecule has 23 heavy (non-hydrogen) atoms. The molecule has 0 aliphatic carbocycles. The maximum Gasteiger partial charge on any atom is 0.338 e. The van der Waals surface area contributed by atoms with Crippen molar-refractivity contribution in [1.29, 1.82) is 0 Å². The first-order valence-electron chi connectivity index (χ1n) is 7.95. The fourth-order valence-electron chi connectivity index (χ4n) is 2.68. The van der Waals surface area contributed by atoms with Crippen molar-refractivity contribution >= 4 is 11.9 Å². The Morgan fingerprint density at radius 1 is 1.35 bits per heavy atom. The maximum absolute atomic E-state index is 11.9. The van der Waals surface area contributed by atoms with Crippen LogP contribution >= 0.6 is 0 Å². The Labute approximate surface area is 136 Å². The van der Waals surface area contributed by atoms with Crippen molar-refractivity contribution in [1.82, 2.24) is 10.2 Å². The smallest absolute Gasteiger partial charge is 0.338 e. The van der Waals surface area contributed by atoms with E-state index in [1.54, 1.807) is 6.07 Å². The number of ether oxygens (including phenoxy) is 1. The summed E-state index contributed by atoms with van der Waals surface area (Å²) in [6.07, 6.45) is 1.81. The summed E-state index contributed by atoms with van der Waals surface area (Å²) >= 11 is 0. The van der Waals surface area contributed by atoms with E-state index >= 15 is 0 Å². The van der Waals surface area contributed by atoms with E-state index in [1.807, 2.05) is 0 Å². The quantitative estimate of drug-likeness (QED) is 0.805. The van der Waals surface area contributed by atoms with Crippen LogP contribution in [0.25, 0.3) is 0 Å². The number of phenols is 1. The second-order valence-electron chi connectivity index (χ2n) is 6.10. The Hall–Kier alpha value is -2.08. The SMILES string of the molecule is CC(C)N1CCC(NC(=O)COC(=O)c2cccc(O)c2)CC1. The molecule has 0 unspecified atom stereocenters. The lowest BCUT2D eigenvalue weighted by Gasteiger charge is -2.34. The van der Waals surface area contributed by atoms with Crippen molar-refractivity contribution < 1.29 is 19.4 Å². The number of hydrogen-bond acceptors (Lipinski definition) is 5. The summed E-state index contributed by atoms with van der Waals surface area (Å²) in [4.78, 5) is 26.0. The second-order valence-corrected chi connectivity index (χ2v) is 6.10. The van der Waals surface area contributed by atoms with Gasteiger partial charge in [0.25, 0.3) is 5.91 Å². The number of esters is 1. The number of nitrogens with one attached hydrogen (secondary N) is 1. The van der Waals surface area contributed by atoms with Gasteiger partial charge in [0.05, 0.1) is 5.56 Å². The molecule has 0 aromatic heterocycles. The van der Waals surface area contributed by atoms with Gasteiger partial charge in [0, 0.05) is 25.2 Å². The van der Waals surface area contributed by atoms with Crippen molar-refractivity contribution in [2.45, 2.75) is 38.8 Å². The molecule has 1 aliphatic heterocycles. The summed E-state index contributed by atoms with van der Waals surface area (Å²) < 4.78 is 4.97. The highest BCUT2D eigenvalue weighted by Gasteiger charge is 2.22. The Morgan fingerprint density at radius 3 is 2.65 bits per heavy atom. The summed E-state index contributed by atoms with van der Waals surface area (Å²) in [5.41, 5.74) is 0.225. The van der Waals surface area contributed by atoms with Crippen LogP contribution in [0.1, 0.15) is 37.0 Å². The molecule has 0 atom stereocenters. The number of hydrogen-bond donors (Lipinski definition) is 2. The van der Waals surface area contributed by atoms with Gasteiger partial charge in [-0.2, -0.15) is 0 Å². The van der Waals surface area contributed by atoms with Gasteiger partial charge in [-0.15, -0.1) is 0 Å². The van der Waals surface area contributed by atoms with E-state index in [4.69, 9.17) is 4.74 Å². The molecule has 0 bridgehead atoms. The molecule has 2 N–H and O–H groups in total. The van der Waals surface area contributed by atoms with Crippen LogP contribution in [-0.2, 0) is 9.53 Å². The number of rotatable bonds is 5. The highest BCUT2D eigenvalue weighted by molar-refractivity contribution is 5.91. The molecule has 1 saturated heterocycles. The summed E-state index contributed by atoms with van der Waals surface area (Å²) in [6.45, 7) is 5.95. The third-order valence-electron chi connectivity index (χ3n) is 4.04. The standard InChI is InChI=1S/C17H24N2O4/c1-12(2)19-8-6-14(7-9-19)18-16(21)11-23-17(22)13-4-3-5-15(20)10-13/h3-5,10,12,14,20H,6-9,11H2,1-2H3,(H,18,21). The molecular weight excluding hydrogens is 296 g/mol. The number of amides is 1. The molecule has 1 fully saturated rings. The van der Waals surface area contributed by atoms with Gasteiger partial charge in [0.1, 0.15) is 5.75 Å². The molecule has 0 spiro atoms. The van der Waals surface area contributed by atoms with Crippen molar-refractivity contribution in [3.05, 3.63) is 29.8 Å². The van der Waals surface area contributed by atoms with Crippen molar-refractivity contribution in [3.8, 4) is 5.75 Å². The zero-order valence-corrected chi connectivity index (χ0v) is 13.6. The third kappa shape index (κ3) is 5.25. The predicted molar refractivity (Wildman–Crippen MR) is 86.3 cm³/mol. The average molecular weight is 320 g/mol. The predicted octanol–water partition coefficient (Wildman–Crippen LogP) is 1.54. The third-order valence-corrected chi connectivity index (χ3v) is 4.04. The minimum absolute atomic E-state index is 0.0131. The summed E-state index contributed by atoms with van der Waals surface area (Å²) in [6, 6.07) is 6.51. The molecule has 1 heterocycles. The van der Waals surface area contributed by atoms with Crippen LogP contribution in [0.2, 0.25) is 0 Å². The van der Waals surface area contributed by atoms with E-state index in [-0.39, 0.29) is 29.9 Å². The van der Waals surface area contributed by atoms with Crippen molar-refractivity contribution in [2.24, 2.45) is 0 Å². The first-order valence-corrected chi connectivity index (χ1v) is 7.95. The van der Waals surface area contributed by atoms with Crippen LogP contribution in [0.15, 0.2) is 24.3 Å². The van der Waals surface area contributed by atoms with Gasteiger partial charge in [0.2, 0.25) is 0 Å². The van der Waals surface area contributed by atoms with Crippen LogP contribution in [0.5, 0.6) is 5.75 Å². The Kier molecular flexibility index (Phi) is 5.98. The number of phenolic OH excluding ortho intramolecular Hbond substituents is 1. The van der Waals surface area contributed by atoms with Crippen LogP contribution < -0.4 is 5.32 Å². The first-order chi connectivity index (χ1) is 11.0. The maximum atomic E-state index is 11.9. The first kappa shape index (κ1) is 17.3. The highest BCUT2D eigenvalue weighted by atomic mass is 16.5. The molecule has 126 valence electrons. The van der Waals surface area contributed by atoms with E-state index in [0.717, 1.165) is 25.9 Å². The summed E-state index contributed by atoms with van der Waals surface area (Å²) in [5.74, 6) is -0.923. The molecule has 1 aromatic carbocycles. The molecule has 1 aromatic rings. The zero-order chi connectivity index (χ0) is 16.8. The number of benzene rings is 1. The Bertz CT molecular complexity index is 551. The molecule has 2 rings (SSSR count). The Balaban J connectivity index is 1.72. The van der Waals surface area contributed by atoms with Crippen LogP contribution in [0.4, 0.5) is 0 Å². The van der Waals surface area contributed by atoms with Gasteiger partial charge in [-0.1, -0.05) is 6.07 Å². The van der Waals surface area contributed by atoms with Gasteiger partial charge in [-0.3, -0.25) is 4.79 Å². The van der Waals surface area contributed by atoms with E-state index in [0.29, 0.717) is 6.04 Å². The van der Waals surface area contributed by atoms with E-state index in [1.165, 1.54) is 18.2 Å². The van der Waals surface area contributed by atoms with E-state index in [9.17, 15) is 14.7 Å². The summed E-state index contributed by atoms with van der Waals surface area (Å²) in [7, 11) is 0. The fourth-order valence-corrected chi connectivity index (χ4v) is 2.68. The number of nitrogens with zero attached hydrogens (tertiary/aromatic N) is 1. The molecule has 0 saturated carbocycles. The van der Waals surface area contributed by atoms with Crippen LogP contribution in [-0.4, -0.2) is 53.7 Å². The topological polar surface area (TPSA) is 78.9 Å². The normalized spacial score (nSPS) is 16.3. The molecule has 6 heteroatoms. The number of likely N-dealkylation sites (tertiary alicyclic amines) is 1. The summed E-state index contributed by atoms with van der Waals surface area (Å²) in [5, 5.41) is 12.2. The van der Waals surface area contributed by atoms with Gasteiger partial charge in [-0.05, 0) is 44.9 Å². The fraction of sp³-hybridized carbons (Fsp3) is 0.529. The molecule has 0 radical (unpaired) electrons. The lowest BCUT2D eigenvalue weighted by atomic mass is 10.0. The van der Waals surface area contributed by atoms with Crippen molar-refractivity contribution in [3.63, 3.8) is 0 Å². The van der Waals surface area contributed by atoms with E-state index in [2.05, 4.69) is 24.1 Å². The minimum atomic E-state index is -0.620. The van der Waals surface area contributed by atoms with Gasteiger partial charge in [0.15, 0.2) is 6.61 Å². The van der Waals surface area contributed by atoms with Gasteiger partial charge >= 0.3 is 5.97 Å². The second kappa shape index (κ2) is 7.97. The monoisotopic (exact) mass is 320 g/mol.